The van der Waals surface area contributed by atoms with Gasteiger partial charge in [-0.25, -0.2) is 4.98 Å². The Morgan fingerprint density at radius 1 is 1.09 bits per heavy atom. The summed E-state index contributed by atoms with van der Waals surface area (Å²) < 4.78 is 39.9. The largest absolute Gasteiger partial charge is 0.494 e. The average molecular weight is 443 g/mol. The zero-order valence-electron chi connectivity index (χ0n) is 17.6. The van der Waals surface area contributed by atoms with Gasteiger partial charge in [0, 0.05) is 18.3 Å². The van der Waals surface area contributed by atoms with E-state index in [-0.39, 0.29) is 18.0 Å². The van der Waals surface area contributed by atoms with Gasteiger partial charge in [0.1, 0.15) is 11.8 Å². The maximum absolute atomic E-state index is 12.6. The number of benzene rings is 1. The van der Waals surface area contributed by atoms with Crippen LogP contribution >= 0.6 is 0 Å². The molecule has 2 aliphatic rings. The van der Waals surface area contributed by atoms with Crippen molar-refractivity contribution in [2.24, 2.45) is 10.9 Å². The summed E-state index contributed by atoms with van der Waals surface area (Å²) in [6.07, 6.45) is 0.641. The first-order chi connectivity index (χ1) is 15.2. The second-order valence-corrected chi connectivity index (χ2v) is 8.59. The van der Waals surface area contributed by atoms with Crippen LogP contribution in [0.1, 0.15) is 18.5 Å². The quantitative estimate of drug-likeness (QED) is 0.654. The first-order valence-corrected chi connectivity index (χ1v) is 10.7. The van der Waals surface area contributed by atoms with Gasteiger partial charge in [0.15, 0.2) is 5.88 Å². The predicted molar refractivity (Wildman–Crippen MR) is 114 cm³/mol. The average Bonchev–Trinajstić information content (AvgIpc) is 3.12. The summed E-state index contributed by atoms with van der Waals surface area (Å²) in [4.78, 5) is 10.6. The number of nitrogens with zero attached hydrogens (tertiary/aromatic N) is 4. The van der Waals surface area contributed by atoms with E-state index >= 15 is 0 Å². The van der Waals surface area contributed by atoms with E-state index in [1.807, 2.05) is 54.0 Å². The molecule has 6 nitrogen and oxygen atoms in total. The molecule has 168 valence electrons. The number of halogens is 3. The fourth-order valence-electron chi connectivity index (χ4n) is 4.61. The Kier molecular flexibility index (Phi) is 5.08. The monoisotopic (exact) mass is 443 g/mol. The third-order valence-corrected chi connectivity index (χ3v) is 6.20. The molecular formula is C23H24F3N5O. The number of alkyl halides is 3. The van der Waals surface area contributed by atoms with E-state index in [2.05, 4.69) is 10.3 Å². The lowest BCUT2D eigenvalue weighted by Crippen LogP contribution is -2.49. The zero-order valence-corrected chi connectivity index (χ0v) is 17.6. The Balaban J connectivity index is 1.37. The Hall–Kier alpha value is -3.07. The molecule has 2 aromatic heterocycles. The van der Waals surface area contributed by atoms with Crippen molar-refractivity contribution >= 4 is 11.5 Å². The van der Waals surface area contributed by atoms with Crippen molar-refractivity contribution in [2.75, 3.05) is 19.6 Å². The highest BCUT2D eigenvalue weighted by Crippen LogP contribution is 2.26. The summed E-state index contributed by atoms with van der Waals surface area (Å²) in [5.41, 5.74) is 3.75. The second kappa shape index (κ2) is 7.81. The van der Waals surface area contributed by atoms with Gasteiger partial charge in [0.25, 0.3) is 0 Å². The van der Waals surface area contributed by atoms with Crippen molar-refractivity contribution in [3.63, 3.8) is 0 Å². The second-order valence-electron chi connectivity index (χ2n) is 8.59. The van der Waals surface area contributed by atoms with E-state index in [0.717, 1.165) is 22.5 Å². The smallest absolute Gasteiger partial charge is 0.401 e. The van der Waals surface area contributed by atoms with Gasteiger partial charge in [-0.15, -0.1) is 0 Å². The highest BCUT2D eigenvalue weighted by atomic mass is 19.4. The first-order valence-electron chi connectivity index (χ1n) is 10.7. The van der Waals surface area contributed by atoms with Crippen LogP contribution < -0.4 is 15.9 Å². The Morgan fingerprint density at radius 2 is 1.84 bits per heavy atom. The summed E-state index contributed by atoms with van der Waals surface area (Å²) in [5, 5.41) is 15.1. The van der Waals surface area contributed by atoms with Gasteiger partial charge < -0.3 is 14.8 Å². The molecule has 9 heteroatoms. The molecule has 5 rings (SSSR count). The van der Waals surface area contributed by atoms with Gasteiger partial charge >= 0.3 is 6.18 Å². The summed E-state index contributed by atoms with van der Waals surface area (Å²) in [6.45, 7) is 1.83. The van der Waals surface area contributed by atoms with Crippen LogP contribution in [-0.2, 0) is 0 Å². The number of aliphatic hydroxyl groups is 1. The van der Waals surface area contributed by atoms with Crippen LogP contribution in [0.3, 0.4) is 0 Å². The van der Waals surface area contributed by atoms with Crippen molar-refractivity contribution in [1.82, 2.24) is 19.6 Å². The van der Waals surface area contributed by atoms with E-state index in [4.69, 9.17) is 4.99 Å². The molecule has 0 aliphatic carbocycles. The lowest BCUT2D eigenvalue weighted by molar-refractivity contribution is -0.148. The number of nitrogens with one attached hydrogen (secondary N) is 1. The molecule has 0 radical (unpaired) electrons. The number of rotatable bonds is 3. The molecule has 3 aromatic rings. The maximum Gasteiger partial charge on any atom is 0.401 e. The minimum absolute atomic E-state index is 0.0547. The number of aryl methyl sites for hydroxylation is 1. The molecule has 1 atom stereocenters. The summed E-state index contributed by atoms with van der Waals surface area (Å²) in [6, 6.07) is 9.70. The van der Waals surface area contributed by atoms with Crippen LogP contribution in [0.25, 0.3) is 22.7 Å². The normalized spacial score (nSPS) is 20.1. The third-order valence-electron chi connectivity index (χ3n) is 6.20. The zero-order chi connectivity index (χ0) is 22.5. The van der Waals surface area contributed by atoms with Gasteiger partial charge in [-0.1, -0.05) is 6.07 Å². The standard InChI is InChI=1S/C23H24F3N5O/c1-14-11-31-12-17(3-5-20(31)27-14)16-2-4-19-18(10-16)22(32)29-21(28-19)15-6-8-30(9-7-15)13-23(24,25)26/h2-5,10-12,15,21,29,32H,6-9,13H2,1H3. The molecule has 1 fully saturated rings. The molecule has 0 bridgehead atoms. The molecule has 1 unspecified atom stereocenters. The highest BCUT2D eigenvalue weighted by molar-refractivity contribution is 5.65. The van der Waals surface area contributed by atoms with Gasteiger partial charge in [-0.3, -0.25) is 9.89 Å². The molecule has 0 amide bonds. The van der Waals surface area contributed by atoms with Gasteiger partial charge in [-0.05, 0) is 68.2 Å². The molecule has 0 spiro atoms. The minimum atomic E-state index is -4.18. The fraction of sp³-hybridized carbons (Fsp3) is 0.391. The summed E-state index contributed by atoms with van der Waals surface area (Å²) >= 11 is 0. The lowest BCUT2D eigenvalue weighted by atomic mass is 9.93. The van der Waals surface area contributed by atoms with E-state index in [0.29, 0.717) is 36.5 Å². The van der Waals surface area contributed by atoms with E-state index in [1.54, 1.807) is 0 Å². The highest BCUT2D eigenvalue weighted by Gasteiger charge is 2.34. The van der Waals surface area contributed by atoms with Crippen LogP contribution in [-0.4, -0.2) is 51.4 Å². The molecular weight excluding hydrogens is 419 g/mol. The predicted octanol–water partition coefficient (Wildman–Crippen LogP) is 2.76. The van der Waals surface area contributed by atoms with Gasteiger partial charge in [-0.2, -0.15) is 13.2 Å². The number of aromatic nitrogens is 2. The summed E-state index contributed by atoms with van der Waals surface area (Å²) in [5.74, 6) is 0.125. The van der Waals surface area contributed by atoms with Crippen LogP contribution in [0.2, 0.25) is 0 Å². The topological polar surface area (TPSA) is 65.2 Å². The molecule has 0 saturated carbocycles. The first kappa shape index (κ1) is 20.8. The van der Waals surface area contributed by atoms with Crippen LogP contribution in [0, 0.1) is 12.8 Å². The number of fused-ring (bicyclic) bond motifs is 2. The van der Waals surface area contributed by atoms with Gasteiger partial charge in [0.05, 0.1) is 22.8 Å². The Morgan fingerprint density at radius 3 is 2.59 bits per heavy atom. The van der Waals surface area contributed by atoms with Crippen molar-refractivity contribution in [1.29, 1.82) is 0 Å². The maximum atomic E-state index is 12.6. The number of likely N-dealkylation sites (tertiary alicyclic amines) is 1. The van der Waals surface area contributed by atoms with Crippen molar-refractivity contribution in [3.05, 3.63) is 59.0 Å². The number of piperidine rings is 1. The van der Waals surface area contributed by atoms with Gasteiger partial charge in [0.2, 0.25) is 0 Å². The van der Waals surface area contributed by atoms with Crippen LogP contribution in [0.4, 0.5) is 13.2 Å². The van der Waals surface area contributed by atoms with E-state index in [1.165, 1.54) is 4.90 Å². The number of pyridine rings is 1. The van der Waals surface area contributed by atoms with Crippen molar-refractivity contribution < 1.29 is 18.3 Å². The molecule has 32 heavy (non-hydrogen) atoms. The van der Waals surface area contributed by atoms with E-state index in [9.17, 15) is 18.3 Å². The fourth-order valence-corrected chi connectivity index (χ4v) is 4.61. The molecule has 4 heterocycles. The Bertz CT molecular complexity index is 1280. The van der Waals surface area contributed by atoms with Crippen LogP contribution in [0.15, 0.2) is 47.7 Å². The van der Waals surface area contributed by atoms with E-state index < -0.39 is 12.7 Å². The number of hydrogen-bond donors (Lipinski definition) is 2. The number of imidazole rings is 1. The SMILES string of the molecule is Cc1cn2cc(-c3ccc4c(c3)=C(O)NC(C3CCN(CC(F)(F)F)CC3)N=4)ccc2n1. The Labute approximate surface area is 182 Å². The lowest BCUT2D eigenvalue weighted by Gasteiger charge is -2.35. The van der Waals surface area contributed by atoms with Crippen molar-refractivity contribution in [2.45, 2.75) is 32.1 Å². The summed E-state index contributed by atoms with van der Waals surface area (Å²) in [7, 11) is 0. The number of hydrogen-bond acceptors (Lipinski definition) is 5. The van der Waals surface area contributed by atoms with Crippen LogP contribution in [0.5, 0.6) is 0 Å². The molecule has 2 aliphatic heterocycles. The number of aliphatic hydroxyl groups excluding tert-OH is 1. The third kappa shape index (κ3) is 4.17. The van der Waals surface area contributed by atoms with Crippen molar-refractivity contribution in [3.8, 4) is 11.1 Å². The minimum Gasteiger partial charge on any atom is -0.494 e. The molecule has 1 aromatic carbocycles. The molecule has 2 N–H and O–H groups in total. The molecule has 1 saturated heterocycles.